The third-order valence-corrected chi connectivity index (χ3v) is 4.17. The van der Waals surface area contributed by atoms with Gasteiger partial charge in [-0.3, -0.25) is 4.79 Å². The van der Waals surface area contributed by atoms with E-state index in [1.165, 1.54) is 0 Å². The third kappa shape index (κ3) is 3.12. The standard InChI is InChI=1S/C14H18BrNO2/c1-10-4-5-12(15)11(8-10)13(17)16-9-14(18)6-2-3-7-14/h4-5,8,18H,2-3,6-7,9H2,1H3,(H,16,17). The van der Waals surface area contributed by atoms with E-state index in [4.69, 9.17) is 0 Å². The lowest BCUT2D eigenvalue weighted by Crippen LogP contribution is -2.40. The second-order valence-corrected chi connectivity index (χ2v) is 5.95. The van der Waals surface area contributed by atoms with Gasteiger partial charge in [0.2, 0.25) is 0 Å². The van der Waals surface area contributed by atoms with Crippen LogP contribution in [0.3, 0.4) is 0 Å². The van der Waals surface area contributed by atoms with E-state index in [1.54, 1.807) is 0 Å². The Labute approximate surface area is 116 Å². The first-order valence-corrected chi connectivity index (χ1v) is 7.06. The van der Waals surface area contributed by atoms with Gasteiger partial charge in [0.1, 0.15) is 0 Å². The Bertz CT molecular complexity index is 453. The second-order valence-electron chi connectivity index (χ2n) is 5.10. The molecule has 0 saturated heterocycles. The molecule has 0 aromatic heterocycles. The SMILES string of the molecule is Cc1ccc(Br)c(C(=O)NCC2(O)CCCC2)c1. The molecule has 1 aliphatic rings. The van der Waals surface area contributed by atoms with Crippen LogP contribution in [0.25, 0.3) is 0 Å². The van der Waals surface area contributed by atoms with E-state index in [9.17, 15) is 9.90 Å². The summed E-state index contributed by atoms with van der Waals surface area (Å²) in [4.78, 5) is 12.1. The topological polar surface area (TPSA) is 49.3 Å². The van der Waals surface area contributed by atoms with E-state index in [-0.39, 0.29) is 5.91 Å². The number of amides is 1. The zero-order valence-electron chi connectivity index (χ0n) is 10.5. The largest absolute Gasteiger partial charge is 0.388 e. The van der Waals surface area contributed by atoms with Crippen molar-refractivity contribution in [1.29, 1.82) is 0 Å². The molecule has 0 spiro atoms. The molecular formula is C14H18BrNO2. The molecule has 2 rings (SSSR count). The van der Waals surface area contributed by atoms with Gasteiger partial charge < -0.3 is 10.4 Å². The molecule has 0 atom stereocenters. The minimum atomic E-state index is -0.702. The zero-order chi connectivity index (χ0) is 13.2. The van der Waals surface area contributed by atoms with E-state index in [0.29, 0.717) is 12.1 Å². The first kappa shape index (κ1) is 13.6. The summed E-state index contributed by atoms with van der Waals surface area (Å²) in [6.07, 6.45) is 3.64. The van der Waals surface area contributed by atoms with Crippen LogP contribution in [0.2, 0.25) is 0 Å². The highest BCUT2D eigenvalue weighted by molar-refractivity contribution is 9.10. The molecule has 4 heteroatoms. The van der Waals surface area contributed by atoms with E-state index in [0.717, 1.165) is 35.7 Å². The zero-order valence-corrected chi connectivity index (χ0v) is 12.1. The molecule has 1 aromatic rings. The molecule has 2 N–H and O–H groups in total. The van der Waals surface area contributed by atoms with Crippen molar-refractivity contribution in [3.05, 3.63) is 33.8 Å². The van der Waals surface area contributed by atoms with E-state index >= 15 is 0 Å². The molecule has 0 heterocycles. The fraction of sp³-hybridized carbons (Fsp3) is 0.500. The number of nitrogens with one attached hydrogen (secondary N) is 1. The molecule has 0 unspecified atom stereocenters. The van der Waals surface area contributed by atoms with E-state index < -0.39 is 5.60 Å². The molecule has 0 radical (unpaired) electrons. The molecule has 0 bridgehead atoms. The van der Waals surface area contributed by atoms with Gasteiger partial charge in [0.25, 0.3) is 5.91 Å². The van der Waals surface area contributed by atoms with Crippen molar-refractivity contribution in [1.82, 2.24) is 5.32 Å². The normalized spacial score (nSPS) is 17.7. The minimum absolute atomic E-state index is 0.133. The lowest BCUT2D eigenvalue weighted by atomic mass is 10.0. The Morgan fingerprint density at radius 2 is 2.11 bits per heavy atom. The van der Waals surface area contributed by atoms with Gasteiger partial charge in [-0.15, -0.1) is 0 Å². The van der Waals surface area contributed by atoms with Crippen LogP contribution in [0.4, 0.5) is 0 Å². The number of rotatable bonds is 3. The maximum absolute atomic E-state index is 12.1. The van der Waals surface area contributed by atoms with Crippen molar-refractivity contribution in [2.45, 2.75) is 38.2 Å². The fourth-order valence-electron chi connectivity index (χ4n) is 2.36. The number of hydrogen-bond acceptors (Lipinski definition) is 2. The fourth-order valence-corrected chi connectivity index (χ4v) is 2.79. The lowest BCUT2D eigenvalue weighted by Gasteiger charge is -2.22. The molecule has 98 valence electrons. The van der Waals surface area contributed by atoms with Gasteiger partial charge in [-0.05, 0) is 47.8 Å². The summed E-state index contributed by atoms with van der Waals surface area (Å²) < 4.78 is 0.781. The van der Waals surface area contributed by atoms with Crippen molar-refractivity contribution >= 4 is 21.8 Å². The van der Waals surface area contributed by atoms with E-state index in [1.807, 2.05) is 25.1 Å². The first-order valence-electron chi connectivity index (χ1n) is 6.27. The highest BCUT2D eigenvalue weighted by Crippen LogP contribution is 2.28. The first-order chi connectivity index (χ1) is 8.50. The summed E-state index contributed by atoms with van der Waals surface area (Å²) in [7, 11) is 0. The van der Waals surface area contributed by atoms with Crippen molar-refractivity contribution in [2.24, 2.45) is 0 Å². The van der Waals surface area contributed by atoms with Crippen LogP contribution in [0.5, 0.6) is 0 Å². The highest BCUT2D eigenvalue weighted by atomic mass is 79.9. The Balaban J connectivity index is 2.01. The number of hydrogen-bond donors (Lipinski definition) is 2. The van der Waals surface area contributed by atoms with Crippen LogP contribution < -0.4 is 5.32 Å². The van der Waals surface area contributed by atoms with Gasteiger partial charge in [0, 0.05) is 11.0 Å². The summed E-state index contributed by atoms with van der Waals surface area (Å²) in [6, 6.07) is 5.66. The highest BCUT2D eigenvalue weighted by Gasteiger charge is 2.31. The number of aryl methyl sites for hydroxylation is 1. The number of carbonyl (C=O) groups excluding carboxylic acids is 1. The van der Waals surface area contributed by atoms with Gasteiger partial charge in [-0.1, -0.05) is 24.5 Å². The smallest absolute Gasteiger partial charge is 0.252 e. The van der Waals surface area contributed by atoms with Crippen LogP contribution >= 0.6 is 15.9 Å². The number of benzene rings is 1. The van der Waals surface area contributed by atoms with Gasteiger partial charge in [0.15, 0.2) is 0 Å². The molecule has 1 amide bonds. The summed E-state index contributed by atoms with van der Waals surface area (Å²) in [5.74, 6) is -0.133. The van der Waals surface area contributed by atoms with Crippen molar-refractivity contribution < 1.29 is 9.90 Å². The minimum Gasteiger partial charge on any atom is -0.388 e. The van der Waals surface area contributed by atoms with Crippen LogP contribution in [0.1, 0.15) is 41.6 Å². The molecule has 1 saturated carbocycles. The van der Waals surface area contributed by atoms with Crippen LogP contribution in [-0.4, -0.2) is 23.2 Å². The molecule has 1 aromatic carbocycles. The second kappa shape index (κ2) is 5.41. The third-order valence-electron chi connectivity index (χ3n) is 3.48. The predicted octanol–water partition coefficient (Wildman–Crippen LogP) is 2.79. The van der Waals surface area contributed by atoms with Crippen LogP contribution in [0, 0.1) is 6.92 Å². The van der Waals surface area contributed by atoms with Crippen molar-refractivity contribution in [2.75, 3.05) is 6.54 Å². The van der Waals surface area contributed by atoms with Crippen LogP contribution in [-0.2, 0) is 0 Å². The lowest BCUT2D eigenvalue weighted by molar-refractivity contribution is 0.0449. The maximum atomic E-state index is 12.1. The maximum Gasteiger partial charge on any atom is 0.252 e. The Kier molecular flexibility index (Phi) is 4.07. The average molecular weight is 312 g/mol. The molecular weight excluding hydrogens is 294 g/mol. The van der Waals surface area contributed by atoms with Crippen molar-refractivity contribution in [3.8, 4) is 0 Å². The number of halogens is 1. The predicted molar refractivity (Wildman–Crippen MR) is 74.6 cm³/mol. The van der Waals surface area contributed by atoms with Gasteiger partial charge >= 0.3 is 0 Å². The van der Waals surface area contributed by atoms with Crippen molar-refractivity contribution in [3.63, 3.8) is 0 Å². The van der Waals surface area contributed by atoms with Crippen LogP contribution in [0.15, 0.2) is 22.7 Å². The molecule has 18 heavy (non-hydrogen) atoms. The monoisotopic (exact) mass is 311 g/mol. The average Bonchev–Trinajstić information content (AvgIpc) is 2.77. The Hall–Kier alpha value is -0.870. The van der Waals surface area contributed by atoms with Gasteiger partial charge in [0.05, 0.1) is 11.2 Å². The Morgan fingerprint density at radius 3 is 2.78 bits per heavy atom. The summed E-state index contributed by atoms with van der Waals surface area (Å²) in [5, 5.41) is 13.0. The summed E-state index contributed by atoms with van der Waals surface area (Å²) in [5.41, 5.74) is 0.964. The van der Waals surface area contributed by atoms with Gasteiger partial charge in [-0.2, -0.15) is 0 Å². The quantitative estimate of drug-likeness (QED) is 0.902. The molecule has 3 nitrogen and oxygen atoms in total. The summed E-state index contributed by atoms with van der Waals surface area (Å²) in [6.45, 7) is 2.29. The van der Waals surface area contributed by atoms with E-state index in [2.05, 4.69) is 21.2 Å². The number of carbonyl (C=O) groups is 1. The van der Waals surface area contributed by atoms with Gasteiger partial charge in [-0.25, -0.2) is 0 Å². The summed E-state index contributed by atoms with van der Waals surface area (Å²) >= 11 is 3.37. The molecule has 0 aliphatic heterocycles. The molecule has 1 aliphatic carbocycles. The Morgan fingerprint density at radius 1 is 1.44 bits per heavy atom. The molecule has 1 fully saturated rings. The number of aliphatic hydroxyl groups is 1.